The number of nitrogens with one attached hydrogen (secondary N) is 1. The lowest BCUT2D eigenvalue weighted by atomic mass is 10.3. The predicted molar refractivity (Wildman–Crippen MR) is 90.5 cm³/mol. The van der Waals surface area contributed by atoms with Gasteiger partial charge in [-0.1, -0.05) is 35.2 Å². The fourth-order valence-electron chi connectivity index (χ4n) is 2.21. The van der Waals surface area contributed by atoms with Crippen molar-refractivity contribution in [1.29, 1.82) is 0 Å². The Labute approximate surface area is 142 Å². The quantitative estimate of drug-likeness (QED) is 0.814. The van der Waals surface area contributed by atoms with Crippen LogP contribution in [0, 0.1) is 0 Å². The Morgan fingerprint density at radius 3 is 2.83 bits per heavy atom. The summed E-state index contributed by atoms with van der Waals surface area (Å²) < 4.78 is 28.9. The monoisotopic (exact) mass is 373 g/mol. The number of ether oxygens (including phenoxy) is 1. The normalized spacial score (nSPS) is 22.9. The number of thioether (sulfide) groups is 1. The van der Waals surface area contributed by atoms with E-state index >= 15 is 0 Å². The average molecular weight is 373 g/mol. The first-order valence-corrected chi connectivity index (χ1v) is 10.3. The van der Waals surface area contributed by atoms with Gasteiger partial charge in [-0.15, -0.1) is 10.2 Å². The maximum Gasteiger partial charge on any atom is 0.210 e. The Kier molecular flexibility index (Phi) is 4.76. The molecule has 124 valence electrons. The van der Waals surface area contributed by atoms with Crippen LogP contribution >= 0.6 is 23.1 Å². The number of aromatic nitrogens is 2. The zero-order valence-electron chi connectivity index (χ0n) is 12.2. The van der Waals surface area contributed by atoms with Gasteiger partial charge in [-0.2, -0.15) is 0 Å². The van der Waals surface area contributed by atoms with E-state index in [9.17, 15) is 13.5 Å². The van der Waals surface area contributed by atoms with E-state index in [-0.39, 0.29) is 11.5 Å². The highest BCUT2D eigenvalue weighted by Crippen LogP contribution is 2.36. The van der Waals surface area contributed by atoms with Gasteiger partial charge >= 0.3 is 0 Å². The number of aliphatic hydroxyl groups is 1. The SMILES string of the molecule is COc1ccccc1Nc1nnc(S[C@@H]2CS(=O)(=O)C[C@@H]2O)s1. The van der Waals surface area contributed by atoms with Crippen LogP contribution in [0.2, 0.25) is 0 Å². The first-order valence-electron chi connectivity index (χ1n) is 6.75. The highest BCUT2D eigenvalue weighted by Gasteiger charge is 2.37. The second kappa shape index (κ2) is 6.63. The van der Waals surface area contributed by atoms with Crippen LogP contribution in [0.15, 0.2) is 28.6 Å². The summed E-state index contributed by atoms with van der Waals surface area (Å²) in [5, 5.41) is 21.2. The van der Waals surface area contributed by atoms with E-state index in [0.717, 1.165) is 5.69 Å². The Bertz CT molecular complexity index is 793. The second-order valence-corrected chi connectivity index (χ2v) is 9.62. The molecule has 0 radical (unpaired) electrons. The molecule has 1 saturated heterocycles. The number of benzene rings is 1. The fourth-order valence-corrected chi connectivity index (χ4v) is 6.73. The van der Waals surface area contributed by atoms with Crippen molar-refractivity contribution >= 4 is 43.8 Å². The van der Waals surface area contributed by atoms with Crippen LogP contribution in [0.25, 0.3) is 0 Å². The van der Waals surface area contributed by atoms with E-state index in [1.165, 1.54) is 23.1 Å². The van der Waals surface area contributed by atoms with Gasteiger partial charge in [0.15, 0.2) is 14.2 Å². The molecule has 0 bridgehead atoms. The van der Waals surface area contributed by atoms with Crippen molar-refractivity contribution in [1.82, 2.24) is 10.2 Å². The molecule has 0 saturated carbocycles. The Hall–Kier alpha value is -1.36. The molecule has 0 aliphatic carbocycles. The average Bonchev–Trinajstić information content (AvgIpc) is 3.03. The number of hydrogen-bond donors (Lipinski definition) is 2. The molecule has 1 aromatic heterocycles. The third kappa shape index (κ3) is 3.94. The van der Waals surface area contributed by atoms with Gasteiger partial charge in [0, 0.05) is 0 Å². The van der Waals surface area contributed by atoms with Gasteiger partial charge in [0.05, 0.1) is 35.7 Å². The second-order valence-electron chi connectivity index (χ2n) is 5.00. The van der Waals surface area contributed by atoms with Crippen molar-refractivity contribution in [2.45, 2.75) is 15.7 Å². The molecule has 23 heavy (non-hydrogen) atoms. The number of aliphatic hydroxyl groups excluding tert-OH is 1. The van der Waals surface area contributed by atoms with Crippen LogP contribution in [-0.4, -0.2) is 53.7 Å². The molecule has 1 fully saturated rings. The highest BCUT2D eigenvalue weighted by atomic mass is 32.2. The molecule has 1 aliphatic heterocycles. The lowest BCUT2D eigenvalue weighted by Gasteiger charge is -2.09. The number of nitrogens with zero attached hydrogens (tertiary/aromatic N) is 2. The molecule has 7 nitrogen and oxygen atoms in total. The molecule has 2 atom stereocenters. The van der Waals surface area contributed by atoms with Crippen LogP contribution in [0.1, 0.15) is 0 Å². The summed E-state index contributed by atoms with van der Waals surface area (Å²) in [5.74, 6) is 0.470. The third-order valence-electron chi connectivity index (χ3n) is 3.28. The number of para-hydroxylation sites is 2. The maximum atomic E-state index is 11.5. The molecule has 3 rings (SSSR count). The van der Waals surface area contributed by atoms with Crippen molar-refractivity contribution in [2.24, 2.45) is 0 Å². The van der Waals surface area contributed by atoms with E-state index in [2.05, 4.69) is 15.5 Å². The minimum atomic E-state index is -3.16. The van der Waals surface area contributed by atoms with Crippen LogP contribution in [0.5, 0.6) is 5.75 Å². The number of hydrogen-bond acceptors (Lipinski definition) is 9. The molecule has 0 spiro atoms. The highest BCUT2D eigenvalue weighted by molar-refractivity contribution is 8.03. The zero-order valence-corrected chi connectivity index (χ0v) is 14.6. The maximum absolute atomic E-state index is 11.5. The molecule has 10 heteroatoms. The van der Waals surface area contributed by atoms with Gasteiger partial charge < -0.3 is 15.2 Å². The lowest BCUT2D eigenvalue weighted by molar-refractivity contribution is 0.207. The summed E-state index contributed by atoms with van der Waals surface area (Å²) in [6, 6.07) is 7.44. The van der Waals surface area contributed by atoms with Gasteiger partial charge in [0.1, 0.15) is 5.75 Å². The minimum absolute atomic E-state index is 0.0340. The molecule has 1 aromatic carbocycles. The Morgan fingerprint density at radius 1 is 1.35 bits per heavy atom. The first-order chi connectivity index (χ1) is 11.0. The van der Waals surface area contributed by atoms with Gasteiger partial charge in [-0.3, -0.25) is 0 Å². The van der Waals surface area contributed by atoms with Crippen molar-refractivity contribution in [3.8, 4) is 5.75 Å². The summed E-state index contributed by atoms with van der Waals surface area (Å²) in [5.41, 5.74) is 0.770. The van der Waals surface area contributed by atoms with E-state index in [0.29, 0.717) is 15.2 Å². The molecule has 1 aliphatic rings. The Balaban J connectivity index is 1.69. The number of methoxy groups -OCH3 is 1. The largest absolute Gasteiger partial charge is 0.495 e. The van der Waals surface area contributed by atoms with Crippen molar-refractivity contribution < 1.29 is 18.3 Å². The minimum Gasteiger partial charge on any atom is -0.495 e. The smallest absolute Gasteiger partial charge is 0.210 e. The third-order valence-corrected chi connectivity index (χ3v) is 7.45. The summed E-state index contributed by atoms with van der Waals surface area (Å²) in [7, 11) is -1.57. The fraction of sp³-hybridized carbons (Fsp3) is 0.385. The van der Waals surface area contributed by atoms with E-state index < -0.39 is 21.2 Å². The number of anilines is 2. The van der Waals surface area contributed by atoms with Crippen molar-refractivity contribution in [2.75, 3.05) is 23.9 Å². The summed E-state index contributed by atoms with van der Waals surface area (Å²) in [6.45, 7) is 0. The van der Waals surface area contributed by atoms with Crippen molar-refractivity contribution in [3.63, 3.8) is 0 Å². The molecule has 2 N–H and O–H groups in total. The molecule has 0 amide bonds. The molecule has 0 unspecified atom stereocenters. The van der Waals surface area contributed by atoms with Crippen LogP contribution in [-0.2, 0) is 9.84 Å². The molecule has 2 aromatic rings. The van der Waals surface area contributed by atoms with Gasteiger partial charge in [0.2, 0.25) is 5.13 Å². The summed E-state index contributed by atoms with van der Waals surface area (Å²) in [6.07, 6.45) is -0.862. The van der Waals surface area contributed by atoms with Gasteiger partial charge in [-0.05, 0) is 12.1 Å². The number of sulfone groups is 1. The predicted octanol–water partition coefficient (Wildman–Crippen LogP) is 1.54. The topological polar surface area (TPSA) is 101 Å². The number of rotatable bonds is 5. The molecular weight excluding hydrogens is 358 g/mol. The summed E-state index contributed by atoms with van der Waals surface area (Å²) in [4.78, 5) is 0. The standard InChI is InChI=1S/C13H15N3O4S3/c1-20-10-5-3-2-4-8(10)14-12-15-16-13(22-12)21-11-7-23(18,19)6-9(11)17/h2-5,9,11,17H,6-7H2,1H3,(H,14,15)/t9-,11+/m0/s1. The lowest BCUT2D eigenvalue weighted by Crippen LogP contribution is -2.19. The van der Waals surface area contributed by atoms with Crippen molar-refractivity contribution in [3.05, 3.63) is 24.3 Å². The van der Waals surface area contributed by atoms with Crippen LogP contribution in [0.4, 0.5) is 10.8 Å². The van der Waals surface area contributed by atoms with E-state index in [1.54, 1.807) is 7.11 Å². The summed E-state index contributed by atoms with van der Waals surface area (Å²) >= 11 is 2.55. The van der Waals surface area contributed by atoms with E-state index in [4.69, 9.17) is 4.74 Å². The zero-order chi connectivity index (χ0) is 16.4. The molecular formula is C13H15N3O4S3. The van der Waals surface area contributed by atoms with Gasteiger partial charge in [-0.25, -0.2) is 8.42 Å². The Morgan fingerprint density at radius 2 is 2.13 bits per heavy atom. The van der Waals surface area contributed by atoms with Crippen LogP contribution in [0.3, 0.4) is 0 Å². The molecule has 2 heterocycles. The van der Waals surface area contributed by atoms with Crippen LogP contribution < -0.4 is 10.1 Å². The first kappa shape index (κ1) is 16.5. The van der Waals surface area contributed by atoms with E-state index in [1.807, 2.05) is 24.3 Å². The van der Waals surface area contributed by atoms with Gasteiger partial charge in [0.25, 0.3) is 0 Å².